The van der Waals surface area contributed by atoms with Crippen LogP contribution in [0.2, 0.25) is 0 Å². The number of hydrogen-bond donors (Lipinski definition) is 1. The van der Waals surface area contributed by atoms with Crippen LogP contribution in [-0.4, -0.2) is 21.0 Å². The molecule has 15 heavy (non-hydrogen) atoms. The van der Waals surface area contributed by atoms with Gasteiger partial charge in [0.1, 0.15) is 0 Å². The van der Waals surface area contributed by atoms with Crippen molar-refractivity contribution in [3.63, 3.8) is 0 Å². The standard InChI is InChI=1S/C9H13F3N2O/c1-6(15)3-4-7-5-8(9(10,11)12)13-14(7)2/h5-6,15H,3-4H2,1-2H3/t6-/m1/s1. The minimum absolute atomic E-state index is 0.386. The second-order valence-corrected chi connectivity index (χ2v) is 3.53. The average molecular weight is 222 g/mol. The Kier molecular flexibility index (Phi) is 3.38. The minimum Gasteiger partial charge on any atom is -0.393 e. The fourth-order valence-electron chi connectivity index (χ4n) is 1.24. The van der Waals surface area contributed by atoms with E-state index in [1.54, 1.807) is 6.92 Å². The summed E-state index contributed by atoms with van der Waals surface area (Å²) in [5.41, 5.74) is -0.409. The first kappa shape index (κ1) is 12.0. The van der Waals surface area contributed by atoms with Crippen LogP contribution >= 0.6 is 0 Å². The molecule has 0 radical (unpaired) electrons. The predicted octanol–water partition coefficient (Wildman–Crippen LogP) is 1.75. The highest BCUT2D eigenvalue weighted by Gasteiger charge is 2.34. The third kappa shape index (κ3) is 3.23. The SMILES string of the molecule is C[C@@H](O)CCc1cc(C(F)(F)F)nn1C. The molecular weight excluding hydrogens is 209 g/mol. The molecule has 0 fully saturated rings. The van der Waals surface area contributed by atoms with Crippen molar-refractivity contribution in [1.82, 2.24) is 9.78 Å². The summed E-state index contributed by atoms with van der Waals surface area (Å²) in [5, 5.41) is 12.4. The summed E-state index contributed by atoms with van der Waals surface area (Å²) >= 11 is 0. The molecule has 0 aliphatic carbocycles. The van der Waals surface area contributed by atoms with Crippen molar-refractivity contribution in [2.24, 2.45) is 7.05 Å². The molecule has 1 rings (SSSR count). The zero-order valence-electron chi connectivity index (χ0n) is 8.54. The molecule has 1 atom stereocenters. The van der Waals surface area contributed by atoms with Gasteiger partial charge in [0, 0.05) is 12.7 Å². The number of halogens is 3. The van der Waals surface area contributed by atoms with E-state index in [-0.39, 0.29) is 0 Å². The van der Waals surface area contributed by atoms with E-state index in [0.29, 0.717) is 18.5 Å². The van der Waals surface area contributed by atoms with E-state index < -0.39 is 18.0 Å². The lowest BCUT2D eigenvalue weighted by atomic mass is 10.1. The zero-order valence-corrected chi connectivity index (χ0v) is 8.54. The third-order valence-electron chi connectivity index (χ3n) is 2.09. The summed E-state index contributed by atoms with van der Waals surface area (Å²) in [6.45, 7) is 1.60. The lowest BCUT2D eigenvalue weighted by Crippen LogP contribution is -2.07. The van der Waals surface area contributed by atoms with Gasteiger partial charge in [-0.1, -0.05) is 0 Å². The summed E-state index contributed by atoms with van der Waals surface area (Å²) < 4.78 is 38.0. The Hall–Kier alpha value is -1.04. The molecule has 0 saturated heterocycles. The molecule has 0 saturated carbocycles. The van der Waals surface area contributed by atoms with Crippen LogP contribution in [0, 0.1) is 0 Å². The van der Waals surface area contributed by atoms with Crippen molar-refractivity contribution in [3.05, 3.63) is 17.5 Å². The lowest BCUT2D eigenvalue weighted by molar-refractivity contribution is -0.141. The van der Waals surface area contributed by atoms with Crippen LogP contribution in [0.15, 0.2) is 6.07 Å². The molecule has 0 unspecified atom stereocenters. The van der Waals surface area contributed by atoms with E-state index in [0.717, 1.165) is 6.07 Å². The molecule has 0 bridgehead atoms. The Morgan fingerprint density at radius 2 is 2.13 bits per heavy atom. The van der Waals surface area contributed by atoms with Crippen molar-refractivity contribution in [2.75, 3.05) is 0 Å². The first-order chi connectivity index (χ1) is 6.80. The quantitative estimate of drug-likeness (QED) is 0.846. The Morgan fingerprint density at radius 3 is 2.53 bits per heavy atom. The van der Waals surface area contributed by atoms with Crippen LogP contribution in [0.5, 0.6) is 0 Å². The van der Waals surface area contributed by atoms with E-state index in [1.165, 1.54) is 11.7 Å². The highest BCUT2D eigenvalue weighted by Crippen LogP contribution is 2.28. The summed E-state index contributed by atoms with van der Waals surface area (Å²) in [6.07, 6.45) is -4.11. The molecule has 3 nitrogen and oxygen atoms in total. The summed E-state index contributed by atoms with van der Waals surface area (Å²) in [6, 6.07) is 1.02. The van der Waals surface area contributed by atoms with Gasteiger partial charge in [0.2, 0.25) is 0 Å². The maximum Gasteiger partial charge on any atom is 0.435 e. The number of alkyl halides is 3. The maximum atomic E-state index is 12.3. The molecule has 1 heterocycles. The van der Waals surface area contributed by atoms with Gasteiger partial charge in [-0.2, -0.15) is 18.3 Å². The molecule has 0 amide bonds. The first-order valence-corrected chi connectivity index (χ1v) is 4.59. The van der Waals surface area contributed by atoms with E-state index >= 15 is 0 Å². The largest absolute Gasteiger partial charge is 0.435 e. The normalized spacial score (nSPS) is 14.3. The summed E-state index contributed by atoms with van der Waals surface area (Å²) in [4.78, 5) is 0. The molecule has 86 valence electrons. The molecule has 1 N–H and O–H groups in total. The second-order valence-electron chi connectivity index (χ2n) is 3.53. The topological polar surface area (TPSA) is 38.1 Å². The molecule has 0 aliphatic heterocycles. The third-order valence-corrected chi connectivity index (χ3v) is 2.09. The van der Waals surface area contributed by atoms with Crippen molar-refractivity contribution >= 4 is 0 Å². The molecular formula is C9H13F3N2O. The first-order valence-electron chi connectivity index (χ1n) is 4.59. The number of aliphatic hydroxyl groups excluding tert-OH is 1. The Bertz CT molecular complexity index is 331. The number of aliphatic hydroxyl groups is 1. The zero-order chi connectivity index (χ0) is 11.6. The Morgan fingerprint density at radius 1 is 1.53 bits per heavy atom. The van der Waals surface area contributed by atoms with E-state index in [9.17, 15) is 13.2 Å². The minimum atomic E-state index is -4.40. The van der Waals surface area contributed by atoms with Crippen molar-refractivity contribution in [1.29, 1.82) is 0 Å². The van der Waals surface area contributed by atoms with Crippen LogP contribution in [0.1, 0.15) is 24.7 Å². The smallest absolute Gasteiger partial charge is 0.393 e. The second kappa shape index (κ2) is 4.22. The van der Waals surface area contributed by atoms with Crippen LogP contribution in [0.25, 0.3) is 0 Å². The number of nitrogens with zero attached hydrogens (tertiary/aromatic N) is 2. The van der Waals surface area contributed by atoms with Gasteiger partial charge in [0.15, 0.2) is 5.69 Å². The van der Waals surface area contributed by atoms with Crippen LogP contribution in [-0.2, 0) is 19.6 Å². The van der Waals surface area contributed by atoms with E-state index in [2.05, 4.69) is 5.10 Å². The van der Waals surface area contributed by atoms with Gasteiger partial charge in [-0.25, -0.2) is 0 Å². The highest BCUT2D eigenvalue weighted by atomic mass is 19.4. The van der Waals surface area contributed by atoms with Gasteiger partial charge < -0.3 is 5.11 Å². The molecule has 0 aromatic carbocycles. The number of hydrogen-bond acceptors (Lipinski definition) is 2. The van der Waals surface area contributed by atoms with Crippen molar-refractivity contribution in [3.8, 4) is 0 Å². The number of aryl methyl sites for hydroxylation is 2. The van der Waals surface area contributed by atoms with Gasteiger partial charge in [0.05, 0.1) is 6.10 Å². The van der Waals surface area contributed by atoms with E-state index in [4.69, 9.17) is 5.11 Å². The lowest BCUT2D eigenvalue weighted by Gasteiger charge is -2.03. The molecule has 0 aliphatic rings. The number of aromatic nitrogens is 2. The number of rotatable bonds is 3. The molecule has 0 spiro atoms. The van der Waals surface area contributed by atoms with Crippen LogP contribution in [0.4, 0.5) is 13.2 Å². The van der Waals surface area contributed by atoms with E-state index in [1.807, 2.05) is 0 Å². The summed E-state index contributed by atoms with van der Waals surface area (Å²) in [5.74, 6) is 0. The van der Waals surface area contributed by atoms with Crippen molar-refractivity contribution < 1.29 is 18.3 Å². The maximum absolute atomic E-state index is 12.3. The van der Waals surface area contributed by atoms with Gasteiger partial charge in [-0.3, -0.25) is 4.68 Å². The predicted molar refractivity (Wildman–Crippen MR) is 48.2 cm³/mol. The molecule has 1 aromatic heterocycles. The van der Waals surface area contributed by atoms with Crippen molar-refractivity contribution in [2.45, 2.75) is 32.0 Å². The van der Waals surface area contributed by atoms with Gasteiger partial charge >= 0.3 is 6.18 Å². The fourth-order valence-corrected chi connectivity index (χ4v) is 1.24. The van der Waals surface area contributed by atoms with Gasteiger partial charge in [0.25, 0.3) is 0 Å². The van der Waals surface area contributed by atoms with Gasteiger partial charge in [-0.05, 0) is 25.8 Å². The Labute approximate surface area is 85.5 Å². The summed E-state index contributed by atoms with van der Waals surface area (Å²) in [7, 11) is 1.46. The Balaban J connectivity index is 2.78. The fraction of sp³-hybridized carbons (Fsp3) is 0.667. The molecule has 6 heteroatoms. The molecule has 1 aromatic rings. The van der Waals surface area contributed by atoms with Gasteiger partial charge in [-0.15, -0.1) is 0 Å². The highest BCUT2D eigenvalue weighted by molar-refractivity contribution is 5.13. The van der Waals surface area contributed by atoms with Crippen LogP contribution < -0.4 is 0 Å². The van der Waals surface area contributed by atoms with Crippen LogP contribution in [0.3, 0.4) is 0 Å². The average Bonchev–Trinajstić information content (AvgIpc) is 2.42. The monoisotopic (exact) mass is 222 g/mol.